The summed E-state index contributed by atoms with van der Waals surface area (Å²) in [7, 11) is 0. The Hall–Kier alpha value is -0.670. The van der Waals surface area contributed by atoms with E-state index in [1.165, 1.54) is 4.88 Å². The predicted octanol–water partition coefficient (Wildman–Crippen LogP) is 2.67. The van der Waals surface area contributed by atoms with Crippen LogP contribution in [0.25, 0.3) is 0 Å². The van der Waals surface area contributed by atoms with Crippen molar-refractivity contribution in [2.45, 2.75) is 20.3 Å². The molecule has 13 heavy (non-hydrogen) atoms. The molecule has 1 aromatic heterocycles. The molecule has 1 aromatic rings. The second kappa shape index (κ2) is 5.14. The minimum Gasteiger partial charge on any atom is -0.381 e. The van der Waals surface area contributed by atoms with Crippen molar-refractivity contribution in [3.8, 4) is 0 Å². The van der Waals surface area contributed by atoms with Gasteiger partial charge in [-0.2, -0.15) is 0 Å². The van der Waals surface area contributed by atoms with E-state index in [2.05, 4.69) is 0 Å². The number of rotatable bonds is 5. The molecule has 0 N–H and O–H groups in total. The number of carbonyl (C=O) groups is 1. The first-order valence-corrected chi connectivity index (χ1v) is 5.28. The van der Waals surface area contributed by atoms with Crippen molar-refractivity contribution >= 4 is 17.1 Å². The van der Waals surface area contributed by atoms with E-state index in [1.54, 1.807) is 11.3 Å². The largest absolute Gasteiger partial charge is 0.381 e. The first-order chi connectivity index (χ1) is 6.24. The SMILES string of the molecule is CCOCCC(=O)c1csc(C)c1. The first-order valence-electron chi connectivity index (χ1n) is 4.40. The van der Waals surface area contributed by atoms with Crippen LogP contribution in [0, 0.1) is 6.92 Å². The molecule has 0 aliphatic rings. The lowest BCUT2D eigenvalue weighted by atomic mass is 10.1. The molecule has 3 heteroatoms. The second-order valence-corrected chi connectivity index (χ2v) is 3.93. The van der Waals surface area contributed by atoms with Gasteiger partial charge in [-0.25, -0.2) is 0 Å². The molecule has 0 spiro atoms. The Bertz CT molecular complexity index is 278. The van der Waals surface area contributed by atoms with Gasteiger partial charge in [0.05, 0.1) is 6.61 Å². The molecular formula is C10H14O2S. The number of Topliss-reactive ketones (excluding diaryl/α,β-unsaturated/α-hetero) is 1. The normalized spacial score (nSPS) is 10.3. The third-order valence-electron chi connectivity index (χ3n) is 1.73. The average Bonchev–Trinajstić information content (AvgIpc) is 2.52. The second-order valence-electron chi connectivity index (χ2n) is 2.82. The highest BCUT2D eigenvalue weighted by Crippen LogP contribution is 2.14. The highest BCUT2D eigenvalue weighted by Gasteiger charge is 2.06. The van der Waals surface area contributed by atoms with Gasteiger partial charge in [-0.15, -0.1) is 11.3 Å². The number of aryl methyl sites for hydroxylation is 1. The van der Waals surface area contributed by atoms with Crippen molar-refractivity contribution < 1.29 is 9.53 Å². The molecule has 0 aromatic carbocycles. The van der Waals surface area contributed by atoms with E-state index in [0.29, 0.717) is 19.6 Å². The lowest BCUT2D eigenvalue weighted by Gasteiger charge is -1.98. The van der Waals surface area contributed by atoms with Crippen LogP contribution in [0.5, 0.6) is 0 Å². The highest BCUT2D eigenvalue weighted by atomic mass is 32.1. The Morgan fingerprint density at radius 3 is 2.92 bits per heavy atom. The van der Waals surface area contributed by atoms with Gasteiger partial charge in [0.25, 0.3) is 0 Å². The Morgan fingerprint density at radius 1 is 1.62 bits per heavy atom. The van der Waals surface area contributed by atoms with E-state index in [4.69, 9.17) is 4.74 Å². The smallest absolute Gasteiger partial charge is 0.166 e. The number of ether oxygens (including phenoxy) is 1. The minimum absolute atomic E-state index is 0.179. The van der Waals surface area contributed by atoms with Gasteiger partial charge in [0.2, 0.25) is 0 Å². The van der Waals surface area contributed by atoms with Gasteiger partial charge >= 0.3 is 0 Å². The fraction of sp³-hybridized carbons (Fsp3) is 0.500. The molecule has 0 bridgehead atoms. The highest BCUT2D eigenvalue weighted by molar-refractivity contribution is 7.10. The Labute approximate surface area is 82.5 Å². The molecule has 0 radical (unpaired) electrons. The van der Waals surface area contributed by atoms with Crippen molar-refractivity contribution in [2.24, 2.45) is 0 Å². The molecule has 0 saturated heterocycles. The van der Waals surface area contributed by atoms with Crippen LogP contribution < -0.4 is 0 Å². The van der Waals surface area contributed by atoms with Crippen LogP contribution in [0.3, 0.4) is 0 Å². The van der Waals surface area contributed by atoms with Crippen LogP contribution >= 0.6 is 11.3 Å². The monoisotopic (exact) mass is 198 g/mol. The van der Waals surface area contributed by atoms with Crippen molar-refractivity contribution in [2.75, 3.05) is 13.2 Å². The van der Waals surface area contributed by atoms with Crippen LogP contribution in [0.4, 0.5) is 0 Å². The Balaban J connectivity index is 2.40. The van der Waals surface area contributed by atoms with E-state index in [9.17, 15) is 4.79 Å². The molecule has 0 aliphatic carbocycles. The van der Waals surface area contributed by atoms with Gasteiger partial charge in [-0.1, -0.05) is 0 Å². The summed E-state index contributed by atoms with van der Waals surface area (Å²) in [6.07, 6.45) is 0.490. The summed E-state index contributed by atoms with van der Waals surface area (Å²) in [5.74, 6) is 0.179. The molecule has 0 atom stereocenters. The molecule has 0 aliphatic heterocycles. The Kier molecular flexibility index (Phi) is 4.12. The lowest BCUT2D eigenvalue weighted by molar-refractivity contribution is 0.0896. The number of hydrogen-bond acceptors (Lipinski definition) is 3. The summed E-state index contributed by atoms with van der Waals surface area (Å²) in [5, 5.41) is 1.91. The van der Waals surface area contributed by atoms with Crippen LogP contribution in [-0.4, -0.2) is 19.0 Å². The summed E-state index contributed by atoms with van der Waals surface area (Å²) in [6, 6.07) is 1.93. The van der Waals surface area contributed by atoms with Gasteiger partial charge in [0, 0.05) is 28.8 Å². The Morgan fingerprint density at radius 2 is 2.38 bits per heavy atom. The van der Waals surface area contributed by atoms with E-state index >= 15 is 0 Å². The van der Waals surface area contributed by atoms with Crippen molar-refractivity contribution in [1.29, 1.82) is 0 Å². The molecule has 72 valence electrons. The van der Waals surface area contributed by atoms with Crippen molar-refractivity contribution in [3.63, 3.8) is 0 Å². The lowest BCUT2D eigenvalue weighted by Crippen LogP contribution is -2.03. The fourth-order valence-electron chi connectivity index (χ4n) is 1.04. The minimum atomic E-state index is 0.179. The molecule has 0 amide bonds. The van der Waals surface area contributed by atoms with E-state index < -0.39 is 0 Å². The quantitative estimate of drug-likeness (QED) is 0.537. The maximum absolute atomic E-state index is 11.5. The molecule has 0 fully saturated rings. The van der Waals surface area contributed by atoms with E-state index in [-0.39, 0.29) is 5.78 Å². The molecule has 2 nitrogen and oxygen atoms in total. The van der Waals surface area contributed by atoms with Gasteiger partial charge < -0.3 is 4.74 Å². The summed E-state index contributed by atoms with van der Waals surface area (Å²) < 4.78 is 5.12. The number of carbonyl (C=O) groups excluding carboxylic acids is 1. The van der Waals surface area contributed by atoms with Crippen LogP contribution in [0.1, 0.15) is 28.6 Å². The van der Waals surface area contributed by atoms with Crippen molar-refractivity contribution in [1.82, 2.24) is 0 Å². The molecule has 0 unspecified atom stereocenters. The topological polar surface area (TPSA) is 26.3 Å². The molecule has 1 heterocycles. The summed E-state index contributed by atoms with van der Waals surface area (Å²) >= 11 is 1.61. The van der Waals surface area contributed by atoms with E-state index in [0.717, 1.165) is 5.56 Å². The first kappa shape index (κ1) is 10.4. The zero-order chi connectivity index (χ0) is 9.68. The molecular weight excluding hydrogens is 184 g/mol. The van der Waals surface area contributed by atoms with Gasteiger partial charge in [-0.05, 0) is 19.9 Å². The number of thiophene rings is 1. The van der Waals surface area contributed by atoms with E-state index in [1.807, 2.05) is 25.3 Å². The van der Waals surface area contributed by atoms with Gasteiger partial charge in [0.1, 0.15) is 0 Å². The predicted molar refractivity (Wildman–Crippen MR) is 54.5 cm³/mol. The zero-order valence-corrected chi connectivity index (χ0v) is 8.82. The molecule has 1 rings (SSSR count). The van der Waals surface area contributed by atoms with Gasteiger partial charge in [0.15, 0.2) is 5.78 Å². The summed E-state index contributed by atoms with van der Waals surface area (Å²) in [6.45, 7) is 5.14. The maximum atomic E-state index is 11.5. The third kappa shape index (κ3) is 3.28. The van der Waals surface area contributed by atoms with Crippen LogP contribution in [0.2, 0.25) is 0 Å². The number of hydrogen-bond donors (Lipinski definition) is 0. The average molecular weight is 198 g/mol. The molecule has 0 saturated carbocycles. The third-order valence-corrected chi connectivity index (χ3v) is 2.59. The van der Waals surface area contributed by atoms with Crippen LogP contribution in [-0.2, 0) is 4.74 Å². The maximum Gasteiger partial charge on any atom is 0.166 e. The fourth-order valence-corrected chi connectivity index (χ4v) is 1.75. The summed E-state index contributed by atoms with van der Waals surface area (Å²) in [5.41, 5.74) is 0.821. The van der Waals surface area contributed by atoms with Crippen molar-refractivity contribution in [3.05, 3.63) is 21.9 Å². The van der Waals surface area contributed by atoms with Gasteiger partial charge in [-0.3, -0.25) is 4.79 Å². The summed E-state index contributed by atoms with van der Waals surface area (Å²) in [4.78, 5) is 12.6. The number of ketones is 1. The standard InChI is InChI=1S/C10H14O2S/c1-3-12-5-4-10(11)9-6-8(2)13-7-9/h6-7H,3-5H2,1-2H3. The zero-order valence-electron chi connectivity index (χ0n) is 8.00. The van der Waals surface area contributed by atoms with Crippen LogP contribution in [0.15, 0.2) is 11.4 Å².